The van der Waals surface area contributed by atoms with Crippen molar-refractivity contribution < 1.29 is 9.28 Å². The summed E-state index contributed by atoms with van der Waals surface area (Å²) in [5, 5.41) is 0. The summed E-state index contributed by atoms with van der Waals surface area (Å²) in [7, 11) is 6.61. The maximum absolute atomic E-state index is 11.7. The molecule has 0 heterocycles. The van der Waals surface area contributed by atoms with Crippen molar-refractivity contribution in [3.05, 3.63) is 12.7 Å². The molecule has 0 aromatic heterocycles. The standard InChI is InChI=1S/C17H34NO/c1-5-6-7-8-9-10-11-14-17(19)15-12-13-16-18(2,3)4/h5H,1,6-16H2,2-4H3/q+1. The Labute approximate surface area is 120 Å². The highest BCUT2D eigenvalue weighted by molar-refractivity contribution is 5.78. The van der Waals surface area contributed by atoms with Gasteiger partial charge in [0.05, 0.1) is 27.7 Å². The van der Waals surface area contributed by atoms with Gasteiger partial charge in [0, 0.05) is 12.8 Å². The van der Waals surface area contributed by atoms with Crippen molar-refractivity contribution in [2.75, 3.05) is 27.7 Å². The molecule has 0 saturated heterocycles. The van der Waals surface area contributed by atoms with E-state index in [-0.39, 0.29) is 0 Å². The molecule has 2 heteroatoms. The van der Waals surface area contributed by atoms with E-state index in [4.69, 9.17) is 0 Å². The predicted molar refractivity (Wildman–Crippen MR) is 84.3 cm³/mol. The lowest BCUT2D eigenvalue weighted by Gasteiger charge is -2.23. The molecular weight excluding hydrogens is 234 g/mol. The molecule has 0 rings (SSSR count). The van der Waals surface area contributed by atoms with Gasteiger partial charge in [-0.2, -0.15) is 0 Å². The number of allylic oxidation sites excluding steroid dienone is 1. The van der Waals surface area contributed by atoms with E-state index in [0.29, 0.717) is 5.78 Å². The minimum Gasteiger partial charge on any atom is -0.331 e. The first-order chi connectivity index (χ1) is 8.95. The molecule has 0 N–H and O–H groups in total. The summed E-state index contributed by atoms with van der Waals surface area (Å²) in [5.74, 6) is 0.465. The molecule has 19 heavy (non-hydrogen) atoms. The number of carbonyl (C=O) groups is 1. The molecule has 0 aliphatic rings. The molecule has 0 saturated carbocycles. The van der Waals surface area contributed by atoms with Crippen LogP contribution in [-0.2, 0) is 4.79 Å². The van der Waals surface area contributed by atoms with Crippen molar-refractivity contribution in [1.82, 2.24) is 0 Å². The predicted octanol–water partition coefficient (Wildman–Crippen LogP) is 4.35. The Morgan fingerprint density at radius 1 is 0.895 bits per heavy atom. The zero-order valence-electron chi connectivity index (χ0n) is 13.4. The van der Waals surface area contributed by atoms with Crippen LogP contribution in [0.5, 0.6) is 0 Å². The Morgan fingerprint density at radius 2 is 1.42 bits per heavy atom. The number of quaternary nitrogens is 1. The zero-order chi connectivity index (χ0) is 14.6. The Hall–Kier alpha value is -0.630. The molecule has 0 spiro atoms. The zero-order valence-corrected chi connectivity index (χ0v) is 13.4. The monoisotopic (exact) mass is 268 g/mol. The molecule has 0 aromatic rings. The highest BCUT2D eigenvalue weighted by Gasteiger charge is 2.07. The van der Waals surface area contributed by atoms with E-state index in [0.717, 1.165) is 49.6 Å². The largest absolute Gasteiger partial charge is 0.331 e. The van der Waals surface area contributed by atoms with Crippen LogP contribution in [0.1, 0.15) is 64.2 Å². The fourth-order valence-corrected chi connectivity index (χ4v) is 2.17. The van der Waals surface area contributed by atoms with Crippen LogP contribution in [0.15, 0.2) is 12.7 Å². The third kappa shape index (κ3) is 15.3. The highest BCUT2D eigenvalue weighted by Crippen LogP contribution is 2.10. The van der Waals surface area contributed by atoms with Crippen LogP contribution >= 0.6 is 0 Å². The minimum atomic E-state index is 0.465. The lowest BCUT2D eigenvalue weighted by atomic mass is 10.0. The van der Waals surface area contributed by atoms with Crippen LogP contribution in [0.3, 0.4) is 0 Å². The van der Waals surface area contributed by atoms with Gasteiger partial charge < -0.3 is 4.48 Å². The third-order valence-electron chi connectivity index (χ3n) is 3.40. The van der Waals surface area contributed by atoms with Gasteiger partial charge in [-0.15, -0.1) is 6.58 Å². The van der Waals surface area contributed by atoms with Gasteiger partial charge in [0.25, 0.3) is 0 Å². The SMILES string of the molecule is C=CCCCCCCCC(=O)CCCC[N+](C)(C)C. The number of unbranched alkanes of at least 4 members (excludes halogenated alkanes) is 6. The van der Waals surface area contributed by atoms with Crippen molar-refractivity contribution in [2.45, 2.75) is 64.2 Å². The average Bonchev–Trinajstić information content (AvgIpc) is 2.32. The molecule has 2 nitrogen and oxygen atoms in total. The number of Topliss-reactive ketones (excluding diaryl/α,β-unsaturated/α-hetero) is 1. The van der Waals surface area contributed by atoms with Crippen LogP contribution in [0, 0.1) is 0 Å². The van der Waals surface area contributed by atoms with Crippen molar-refractivity contribution in [2.24, 2.45) is 0 Å². The summed E-state index contributed by atoms with van der Waals surface area (Å²) in [6, 6.07) is 0. The highest BCUT2D eigenvalue weighted by atomic mass is 16.1. The van der Waals surface area contributed by atoms with E-state index < -0.39 is 0 Å². The van der Waals surface area contributed by atoms with Gasteiger partial charge in [-0.3, -0.25) is 4.79 Å². The van der Waals surface area contributed by atoms with Gasteiger partial charge in [-0.05, 0) is 32.1 Å². The van der Waals surface area contributed by atoms with Gasteiger partial charge in [0.1, 0.15) is 5.78 Å². The smallest absolute Gasteiger partial charge is 0.132 e. The number of hydrogen-bond donors (Lipinski definition) is 0. The van der Waals surface area contributed by atoms with Gasteiger partial charge in [-0.1, -0.05) is 25.3 Å². The van der Waals surface area contributed by atoms with Gasteiger partial charge in [0.2, 0.25) is 0 Å². The van der Waals surface area contributed by atoms with E-state index in [1.54, 1.807) is 0 Å². The summed E-state index contributed by atoms with van der Waals surface area (Å²) >= 11 is 0. The molecular formula is C17H34NO+. The Bertz CT molecular complexity index is 240. The molecule has 0 amide bonds. The van der Waals surface area contributed by atoms with Crippen molar-refractivity contribution in [3.8, 4) is 0 Å². The number of ketones is 1. The molecule has 0 fully saturated rings. The summed E-state index contributed by atoms with van der Waals surface area (Å²) in [4.78, 5) is 11.7. The minimum absolute atomic E-state index is 0.465. The fraction of sp³-hybridized carbons (Fsp3) is 0.824. The molecule has 0 atom stereocenters. The fourth-order valence-electron chi connectivity index (χ4n) is 2.17. The van der Waals surface area contributed by atoms with Crippen molar-refractivity contribution in [3.63, 3.8) is 0 Å². The summed E-state index contributed by atoms with van der Waals surface area (Å²) < 4.78 is 0.999. The Balaban J connectivity index is 3.28. The van der Waals surface area contributed by atoms with Crippen LogP contribution in [0.2, 0.25) is 0 Å². The lowest BCUT2D eigenvalue weighted by Crippen LogP contribution is -2.35. The van der Waals surface area contributed by atoms with Gasteiger partial charge >= 0.3 is 0 Å². The number of carbonyl (C=O) groups excluding carboxylic acids is 1. The van der Waals surface area contributed by atoms with E-state index in [1.807, 2.05) is 6.08 Å². The molecule has 0 bridgehead atoms. The quantitative estimate of drug-likeness (QED) is 0.276. The molecule has 0 unspecified atom stereocenters. The second-order valence-electron chi connectivity index (χ2n) is 6.60. The average molecular weight is 268 g/mol. The maximum atomic E-state index is 11.7. The Kier molecular flexibility index (Phi) is 10.8. The molecule has 112 valence electrons. The summed E-state index contributed by atoms with van der Waals surface area (Å²) in [6.45, 7) is 4.89. The van der Waals surface area contributed by atoms with Gasteiger partial charge in [0.15, 0.2) is 0 Å². The van der Waals surface area contributed by atoms with E-state index in [9.17, 15) is 4.79 Å². The van der Waals surface area contributed by atoms with E-state index in [2.05, 4.69) is 27.7 Å². The molecule has 0 radical (unpaired) electrons. The third-order valence-corrected chi connectivity index (χ3v) is 3.40. The molecule has 0 aromatic carbocycles. The summed E-state index contributed by atoms with van der Waals surface area (Å²) in [6.07, 6.45) is 13.0. The lowest BCUT2D eigenvalue weighted by molar-refractivity contribution is -0.870. The summed E-state index contributed by atoms with van der Waals surface area (Å²) in [5.41, 5.74) is 0. The number of rotatable bonds is 13. The van der Waals surface area contributed by atoms with Crippen molar-refractivity contribution >= 4 is 5.78 Å². The maximum Gasteiger partial charge on any atom is 0.132 e. The first-order valence-corrected chi connectivity index (χ1v) is 7.89. The van der Waals surface area contributed by atoms with Crippen LogP contribution < -0.4 is 0 Å². The van der Waals surface area contributed by atoms with E-state index >= 15 is 0 Å². The number of nitrogens with zero attached hydrogens (tertiary/aromatic N) is 1. The van der Waals surface area contributed by atoms with Crippen LogP contribution in [-0.4, -0.2) is 38.0 Å². The van der Waals surface area contributed by atoms with Crippen LogP contribution in [0.25, 0.3) is 0 Å². The molecule has 0 aliphatic carbocycles. The number of hydrogen-bond acceptors (Lipinski definition) is 1. The topological polar surface area (TPSA) is 17.1 Å². The molecule has 0 aliphatic heterocycles. The second-order valence-corrected chi connectivity index (χ2v) is 6.60. The Morgan fingerprint density at radius 3 is 2.00 bits per heavy atom. The van der Waals surface area contributed by atoms with Crippen LogP contribution in [0.4, 0.5) is 0 Å². The van der Waals surface area contributed by atoms with E-state index in [1.165, 1.54) is 25.7 Å². The van der Waals surface area contributed by atoms with Crippen molar-refractivity contribution in [1.29, 1.82) is 0 Å². The second kappa shape index (κ2) is 11.2. The first-order valence-electron chi connectivity index (χ1n) is 7.89. The first kappa shape index (κ1) is 18.4. The normalized spacial score (nSPS) is 11.5. The van der Waals surface area contributed by atoms with Gasteiger partial charge in [-0.25, -0.2) is 0 Å².